The van der Waals surface area contributed by atoms with E-state index in [4.69, 9.17) is 0 Å². The van der Waals surface area contributed by atoms with E-state index in [1.807, 2.05) is 11.8 Å². The Balaban J connectivity index is 1.02. The van der Waals surface area contributed by atoms with Crippen molar-refractivity contribution in [2.24, 2.45) is 0 Å². The van der Waals surface area contributed by atoms with Crippen LogP contribution in [0.3, 0.4) is 0 Å². The highest BCUT2D eigenvalue weighted by Crippen LogP contribution is 2.64. The molecule has 1 aliphatic heterocycles. The number of anilines is 3. The third-order valence-corrected chi connectivity index (χ3v) is 14.2. The molecule has 2 heteroatoms. The first kappa shape index (κ1) is 33.5. The molecule has 1 heterocycles. The lowest BCUT2D eigenvalue weighted by atomic mass is 9.65. The van der Waals surface area contributed by atoms with Crippen LogP contribution >= 0.6 is 11.8 Å². The summed E-state index contributed by atoms with van der Waals surface area (Å²) in [5.41, 5.74) is 19.0. The maximum atomic E-state index is 2.42. The Bertz CT molecular complexity index is 3090. The molecule has 0 fully saturated rings. The van der Waals surface area contributed by atoms with Gasteiger partial charge in [-0.05, 0) is 132 Å². The van der Waals surface area contributed by atoms with E-state index in [0.717, 1.165) is 17.1 Å². The second-order valence-corrected chi connectivity index (χ2v) is 17.5. The summed E-state index contributed by atoms with van der Waals surface area (Å²) in [5.74, 6) is 0. The number of hydrogen-bond acceptors (Lipinski definition) is 2. The predicted molar refractivity (Wildman–Crippen MR) is 243 cm³/mol. The first-order valence-corrected chi connectivity index (χ1v) is 21.1. The summed E-state index contributed by atoms with van der Waals surface area (Å²) in [5, 5.41) is 2.44. The SMILES string of the molecule is CC1(C)c2ccccc2-c2ccc(N(c3ccccc3)c3ccc4cc(-c5cccc6c5C5(c7ccccc7Sc7ccccc75)c5ccccc5-6)ccc4c3)cc21. The van der Waals surface area contributed by atoms with Crippen LogP contribution in [0.25, 0.3) is 44.2 Å². The average Bonchev–Trinajstić information content (AvgIpc) is 3.70. The molecule has 0 N–H and O–H groups in total. The van der Waals surface area contributed by atoms with Crippen molar-refractivity contribution in [1.82, 2.24) is 0 Å². The molecule has 0 bridgehead atoms. The van der Waals surface area contributed by atoms with Crippen LogP contribution in [0, 0.1) is 0 Å². The van der Waals surface area contributed by atoms with Crippen LogP contribution in [0.4, 0.5) is 17.1 Å². The molecule has 3 aliphatic rings. The fraction of sp³-hybridized carbons (Fsp3) is 0.0714. The molecule has 0 atom stereocenters. The topological polar surface area (TPSA) is 3.24 Å². The average molecular weight is 758 g/mol. The van der Waals surface area contributed by atoms with E-state index >= 15 is 0 Å². The van der Waals surface area contributed by atoms with Gasteiger partial charge in [0.25, 0.3) is 0 Å². The van der Waals surface area contributed by atoms with Gasteiger partial charge in [-0.25, -0.2) is 0 Å². The van der Waals surface area contributed by atoms with Crippen molar-refractivity contribution in [2.75, 3.05) is 4.90 Å². The van der Waals surface area contributed by atoms with Crippen LogP contribution in [0.5, 0.6) is 0 Å². The van der Waals surface area contributed by atoms with E-state index in [1.165, 1.54) is 87.3 Å². The van der Waals surface area contributed by atoms with E-state index in [-0.39, 0.29) is 5.41 Å². The van der Waals surface area contributed by atoms with Crippen LogP contribution < -0.4 is 4.90 Å². The standard InChI is InChI=1S/C56H39NS/c1-55(2)47-21-8-6-17-43(47)45-32-31-41(35-51(45)55)57(39-15-4-3-5-16-39)40-30-29-36-33-38(28-27-37(36)34-40)42-19-14-20-46-44-18-7-9-22-48(44)56(54(42)46)49-23-10-12-25-52(49)58-53-26-13-11-24-50(53)56/h3-35H,1-2H3. The number of rotatable bonds is 4. The molecule has 9 aromatic rings. The van der Waals surface area contributed by atoms with Crippen LogP contribution in [0.1, 0.15) is 47.2 Å². The summed E-state index contributed by atoms with van der Waals surface area (Å²) in [6.45, 7) is 4.71. The molecule has 2 aliphatic carbocycles. The summed E-state index contributed by atoms with van der Waals surface area (Å²) < 4.78 is 0. The van der Waals surface area contributed by atoms with Gasteiger partial charge in [-0.1, -0.05) is 171 Å². The summed E-state index contributed by atoms with van der Waals surface area (Å²) in [7, 11) is 0. The van der Waals surface area contributed by atoms with Crippen molar-refractivity contribution in [3.8, 4) is 33.4 Å². The summed E-state index contributed by atoms with van der Waals surface area (Å²) in [4.78, 5) is 5.06. The van der Waals surface area contributed by atoms with Crippen molar-refractivity contribution in [2.45, 2.75) is 34.5 Å². The Kier molecular flexibility index (Phi) is 7.19. The zero-order chi connectivity index (χ0) is 38.6. The first-order valence-electron chi connectivity index (χ1n) is 20.3. The van der Waals surface area contributed by atoms with Crippen molar-refractivity contribution in [3.05, 3.63) is 234 Å². The maximum absolute atomic E-state index is 2.42. The second kappa shape index (κ2) is 12.4. The minimum absolute atomic E-state index is 0.0811. The van der Waals surface area contributed by atoms with Crippen LogP contribution in [0.15, 0.2) is 210 Å². The molecule has 0 amide bonds. The Hall–Kier alpha value is -6.61. The molecule has 0 saturated carbocycles. The van der Waals surface area contributed by atoms with Gasteiger partial charge in [0.15, 0.2) is 0 Å². The quantitative estimate of drug-likeness (QED) is 0.176. The van der Waals surface area contributed by atoms with E-state index in [1.54, 1.807) is 0 Å². The lowest BCUT2D eigenvalue weighted by molar-refractivity contribution is 0.660. The Morgan fingerprint density at radius 1 is 0.362 bits per heavy atom. The molecule has 1 nitrogen and oxygen atoms in total. The van der Waals surface area contributed by atoms with Gasteiger partial charge in [-0.15, -0.1) is 0 Å². The summed E-state index contributed by atoms with van der Waals surface area (Å²) >= 11 is 1.90. The predicted octanol–water partition coefficient (Wildman–Crippen LogP) is 15.1. The van der Waals surface area contributed by atoms with E-state index < -0.39 is 5.41 Å². The van der Waals surface area contributed by atoms with Gasteiger partial charge < -0.3 is 4.90 Å². The molecule has 1 spiro atoms. The van der Waals surface area contributed by atoms with Crippen molar-refractivity contribution >= 4 is 39.6 Å². The van der Waals surface area contributed by atoms with E-state index in [9.17, 15) is 0 Å². The van der Waals surface area contributed by atoms with Crippen molar-refractivity contribution in [1.29, 1.82) is 0 Å². The van der Waals surface area contributed by atoms with Crippen molar-refractivity contribution < 1.29 is 0 Å². The summed E-state index contributed by atoms with van der Waals surface area (Å²) in [6, 6.07) is 74.9. The van der Waals surface area contributed by atoms with Crippen molar-refractivity contribution in [3.63, 3.8) is 0 Å². The molecular formula is C56H39NS. The minimum Gasteiger partial charge on any atom is -0.310 e. The zero-order valence-electron chi connectivity index (χ0n) is 32.4. The molecule has 0 aromatic heterocycles. The molecule has 274 valence electrons. The number of fused-ring (bicyclic) bond motifs is 13. The van der Waals surface area contributed by atoms with Gasteiger partial charge in [0.1, 0.15) is 0 Å². The lowest BCUT2D eigenvalue weighted by Crippen LogP contribution is -2.32. The Morgan fingerprint density at radius 3 is 1.66 bits per heavy atom. The smallest absolute Gasteiger partial charge is 0.0741 e. The zero-order valence-corrected chi connectivity index (χ0v) is 33.2. The maximum Gasteiger partial charge on any atom is 0.0741 e. The number of nitrogens with zero attached hydrogens (tertiary/aromatic N) is 1. The molecule has 12 rings (SSSR count). The lowest BCUT2D eigenvalue weighted by Gasteiger charge is -2.40. The first-order chi connectivity index (χ1) is 28.5. The second-order valence-electron chi connectivity index (χ2n) is 16.4. The highest BCUT2D eigenvalue weighted by atomic mass is 32.2. The fourth-order valence-corrected chi connectivity index (χ4v) is 11.7. The van der Waals surface area contributed by atoms with Gasteiger partial charge in [0, 0.05) is 32.3 Å². The fourth-order valence-electron chi connectivity index (χ4n) is 10.6. The number of hydrogen-bond donors (Lipinski definition) is 0. The normalized spacial score (nSPS) is 14.6. The van der Waals surface area contributed by atoms with E-state index in [2.05, 4.69) is 219 Å². The molecule has 58 heavy (non-hydrogen) atoms. The van der Waals surface area contributed by atoms with E-state index in [0.29, 0.717) is 0 Å². The number of para-hydroxylation sites is 1. The van der Waals surface area contributed by atoms with Crippen LogP contribution in [-0.4, -0.2) is 0 Å². The van der Waals surface area contributed by atoms with Gasteiger partial charge >= 0.3 is 0 Å². The van der Waals surface area contributed by atoms with Gasteiger partial charge in [-0.2, -0.15) is 0 Å². The minimum atomic E-state index is -0.429. The van der Waals surface area contributed by atoms with Gasteiger partial charge in [-0.3, -0.25) is 0 Å². The monoisotopic (exact) mass is 757 g/mol. The largest absolute Gasteiger partial charge is 0.310 e. The highest BCUT2D eigenvalue weighted by molar-refractivity contribution is 7.99. The van der Waals surface area contributed by atoms with Gasteiger partial charge in [0.2, 0.25) is 0 Å². The summed E-state index contributed by atoms with van der Waals surface area (Å²) in [6.07, 6.45) is 0. The third kappa shape index (κ3) is 4.61. The molecule has 0 radical (unpaired) electrons. The number of benzene rings is 9. The molecule has 9 aromatic carbocycles. The van der Waals surface area contributed by atoms with Crippen LogP contribution in [-0.2, 0) is 10.8 Å². The molecule has 0 saturated heterocycles. The highest BCUT2D eigenvalue weighted by Gasteiger charge is 2.51. The Labute approximate surface area is 344 Å². The molecule has 0 unspecified atom stereocenters. The van der Waals surface area contributed by atoms with Gasteiger partial charge in [0.05, 0.1) is 5.41 Å². The molecular weight excluding hydrogens is 719 g/mol. The Morgan fingerprint density at radius 2 is 0.897 bits per heavy atom. The third-order valence-electron chi connectivity index (χ3n) is 13.1. The van der Waals surface area contributed by atoms with Crippen LogP contribution in [0.2, 0.25) is 0 Å².